The second-order valence-electron chi connectivity index (χ2n) is 4.26. The Morgan fingerprint density at radius 3 is 2.88 bits per heavy atom. The van der Waals surface area contributed by atoms with Crippen molar-refractivity contribution in [1.82, 2.24) is 9.88 Å². The van der Waals surface area contributed by atoms with Crippen LogP contribution in [0.3, 0.4) is 0 Å². The zero-order valence-corrected chi connectivity index (χ0v) is 11.5. The van der Waals surface area contributed by atoms with E-state index in [4.69, 9.17) is 0 Å². The highest BCUT2D eigenvalue weighted by Crippen LogP contribution is 2.16. The summed E-state index contributed by atoms with van der Waals surface area (Å²) >= 11 is 3.36. The zero-order valence-electron chi connectivity index (χ0n) is 9.87. The molecular weight excluding hydrogens is 282 g/mol. The van der Waals surface area contributed by atoms with Crippen LogP contribution in [0.1, 0.15) is 18.4 Å². The van der Waals surface area contributed by atoms with Gasteiger partial charge >= 0.3 is 0 Å². The van der Waals surface area contributed by atoms with Crippen molar-refractivity contribution >= 4 is 27.7 Å². The number of amides is 1. The number of hydrogen-bond donors (Lipinski definition) is 1. The van der Waals surface area contributed by atoms with Gasteiger partial charge in [-0.15, -0.1) is 0 Å². The molecule has 1 saturated heterocycles. The van der Waals surface area contributed by atoms with E-state index >= 15 is 0 Å². The predicted molar refractivity (Wildman–Crippen MR) is 71.0 cm³/mol. The van der Waals surface area contributed by atoms with Crippen LogP contribution in [0.5, 0.6) is 0 Å². The number of pyridine rings is 1. The molecule has 0 unspecified atom stereocenters. The SMILES string of the molecule is Cc1cc(Br)cnc1NCC(=O)N1CCCC1. The third-order valence-corrected chi connectivity index (χ3v) is 3.34. The monoisotopic (exact) mass is 297 g/mol. The smallest absolute Gasteiger partial charge is 0.241 e. The number of hydrogen-bond acceptors (Lipinski definition) is 3. The molecule has 1 aromatic heterocycles. The van der Waals surface area contributed by atoms with Gasteiger partial charge in [-0.25, -0.2) is 4.98 Å². The van der Waals surface area contributed by atoms with Crippen molar-refractivity contribution in [3.05, 3.63) is 22.3 Å². The van der Waals surface area contributed by atoms with Crippen molar-refractivity contribution in [2.75, 3.05) is 25.0 Å². The average molecular weight is 298 g/mol. The first-order valence-corrected chi connectivity index (χ1v) is 6.60. The van der Waals surface area contributed by atoms with E-state index in [-0.39, 0.29) is 5.91 Å². The van der Waals surface area contributed by atoms with Gasteiger partial charge in [0.15, 0.2) is 0 Å². The first kappa shape index (κ1) is 12.4. The van der Waals surface area contributed by atoms with Crippen LogP contribution < -0.4 is 5.32 Å². The van der Waals surface area contributed by atoms with E-state index in [0.29, 0.717) is 6.54 Å². The molecule has 0 aliphatic carbocycles. The fourth-order valence-corrected chi connectivity index (χ4v) is 2.41. The van der Waals surface area contributed by atoms with E-state index in [9.17, 15) is 4.79 Å². The molecule has 0 bridgehead atoms. The Kier molecular flexibility index (Phi) is 3.99. The molecule has 0 atom stereocenters. The van der Waals surface area contributed by atoms with E-state index < -0.39 is 0 Å². The first-order chi connectivity index (χ1) is 8.16. The highest BCUT2D eigenvalue weighted by atomic mass is 79.9. The number of carbonyl (C=O) groups is 1. The van der Waals surface area contributed by atoms with E-state index in [1.807, 2.05) is 17.9 Å². The molecule has 1 aliphatic rings. The molecule has 2 rings (SSSR count). The normalized spacial score (nSPS) is 15.1. The van der Waals surface area contributed by atoms with Gasteiger partial charge in [0.25, 0.3) is 0 Å². The number of rotatable bonds is 3. The summed E-state index contributed by atoms with van der Waals surface area (Å²) in [6, 6.07) is 1.98. The standard InChI is InChI=1S/C12H16BrN3O/c1-9-6-10(13)7-14-12(9)15-8-11(17)16-4-2-3-5-16/h6-7H,2-5,8H2,1H3,(H,14,15). The van der Waals surface area contributed by atoms with E-state index in [1.165, 1.54) is 0 Å². The number of nitrogens with one attached hydrogen (secondary N) is 1. The first-order valence-electron chi connectivity index (χ1n) is 5.80. The van der Waals surface area contributed by atoms with Crippen LogP contribution in [0.4, 0.5) is 5.82 Å². The van der Waals surface area contributed by atoms with E-state index in [0.717, 1.165) is 41.8 Å². The van der Waals surface area contributed by atoms with Gasteiger partial charge in [0.05, 0.1) is 6.54 Å². The van der Waals surface area contributed by atoms with Gasteiger partial charge in [0.1, 0.15) is 5.82 Å². The van der Waals surface area contributed by atoms with Crippen molar-refractivity contribution in [3.8, 4) is 0 Å². The Labute approximate surface area is 110 Å². The quantitative estimate of drug-likeness (QED) is 0.930. The fraction of sp³-hybridized carbons (Fsp3) is 0.500. The lowest BCUT2D eigenvalue weighted by Crippen LogP contribution is -2.33. The number of nitrogens with zero attached hydrogens (tertiary/aromatic N) is 2. The Morgan fingerprint density at radius 1 is 1.53 bits per heavy atom. The number of likely N-dealkylation sites (tertiary alicyclic amines) is 1. The van der Waals surface area contributed by atoms with Gasteiger partial charge in [-0.3, -0.25) is 4.79 Å². The molecule has 1 aromatic rings. The number of aromatic nitrogens is 1. The summed E-state index contributed by atoms with van der Waals surface area (Å²) in [7, 11) is 0. The molecule has 0 aromatic carbocycles. The summed E-state index contributed by atoms with van der Waals surface area (Å²) in [6.07, 6.45) is 3.98. The molecule has 1 aliphatic heterocycles. The molecule has 1 amide bonds. The lowest BCUT2D eigenvalue weighted by atomic mass is 10.3. The van der Waals surface area contributed by atoms with Crippen molar-refractivity contribution in [1.29, 1.82) is 0 Å². The van der Waals surface area contributed by atoms with Gasteiger partial charge in [-0.2, -0.15) is 0 Å². The Morgan fingerprint density at radius 2 is 2.24 bits per heavy atom. The molecule has 0 spiro atoms. The Balaban J connectivity index is 1.90. The molecular formula is C12H16BrN3O. The summed E-state index contributed by atoms with van der Waals surface area (Å²) in [5.41, 5.74) is 1.04. The van der Waals surface area contributed by atoms with Gasteiger partial charge in [0, 0.05) is 23.8 Å². The topological polar surface area (TPSA) is 45.2 Å². The van der Waals surface area contributed by atoms with Crippen molar-refractivity contribution < 1.29 is 4.79 Å². The van der Waals surface area contributed by atoms with E-state index in [2.05, 4.69) is 26.2 Å². The fourth-order valence-electron chi connectivity index (χ4n) is 1.96. The molecule has 17 heavy (non-hydrogen) atoms. The second-order valence-corrected chi connectivity index (χ2v) is 5.18. The van der Waals surface area contributed by atoms with Crippen molar-refractivity contribution in [3.63, 3.8) is 0 Å². The second kappa shape index (κ2) is 5.49. The molecule has 0 radical (unpaired) electrons. The molecule has 5 heteroatoms. The average Bonchev–Trinajstić information content (AvgIpc) is 2.81. The van der Waals surface area contributed by atoms with Crippen molar-refractivity contribution in [2.45, 2.75) is 19.8 Å². The lowest BCUT2D eigenvalue weighted by Gasteiger charge is -2.16. The van der Waals surface area contributed by atoms with Crippen LogP contribution in [0.25, 0.3) is 0 Å². The predicted octanol–water partition coefficient (Wildman–Crippen LogP) is 2.19. The molecule has 1 N–H and O–H groups in total. The van der Waals surface area contributed by atoms with Gasteiger partial charge in [-0.05, 0) is 47.3 Å². The molecule has 2 heterocycles. The van der Waals surface area contributed by atoms with Crippen LogP contribution in [-0.4, -0.2) is 35.4 Å². The maximum absolute atomic E-state index is 11.8. The van der Waals surface area contributed by atoms with Crippen LogP contribution in [0.2, 0.25) is 0 Å². The summed E-state index contributed by atoms with van der Waals surface area (Å²) < 4.78 is 0.950. The summed E-state index contributed by atoms with van der Waals surface area (Å²) in [5, 5.41) is 3.09. The number of anilines is 1. The minimum Gasteiger partial charge on any atom is -0.361 e. The number of aryl methyl sites for hydroxylation is 1. The lowest BCUT2D eigenvalue weighted by molar-refractivity contribution is -0.128. The third-order valence-electron chi connectivity index (χ3n) is 2.91. The van der Waals surface area contributed by atoms with E-state index in [1.54, 1.807) is 6.20 Å². The number of carbonyl (C=O) groups excluding carboxylic acids is 1. The van der Waals surface area contributed by atoms with Gasteiger partial charge < -0.3 is 10.2 Å². The Hall–Kier alpha value is -1.10. The zero-order chi connectivity index (χ0) is 12.3. The molecule has 1 fully saturated rings. The van der Waals surface area contributed by atoms with Gasteiger partial charge in [-0.1, -0.05) is 0 Å². The Bertz CT molecular complexity index is 416. The van der Waals surface area contributed by atoms with Crippen LogP contribution in [0, 0.1) is 6.92 Å². The maximum Gasteiger partial charge on any atom is 0.241 e. The van der Waals surface area contributed by atoms with Gasteiger partial charge in [0.2, 0.25) is 5.91 Å². The minimum atomic E-state index is 0.159. The highest BCUT2D eigenvalue weighted by Gasteiger charge is 2.17. The number of halogens is 1. The maximum atomic E-state index is 11.8. The van der Waals surface area contributed by atoms with Crippen LogP contribution in [-0.2, 0) is 4.79 Å². The largest absolute Gasteiger partial charge is 0.361 e. The third kappa shape index (κ3) is 3.19. The van der Waals surface area contributed by atoms with Crippen LogP contribution >= 0.6 is 15.9 Å². The molecule has 92 valence electrons. The van der Waals surface area contributed by atoms with Crippen LogP contribution in [0.15, 0.2) is 16.7 Å². The summed E-state index contributed by atoms with van der Waals surface area (Å²) in [5.74, 6) is 0.937. The molecule has 0 saturated carbocycles. The van der Waals surface area contributed by atoms with Crippen molar-refractivity contribution in [2.24, 2.45) is 0 Å². The summed E-state index contributed by atoms with van der Waals surface area (Å²) in [4.78, 5) is 18.0. The summed E-state index contributed by atoms with van der Waals surface area (Å²) in [6.45, 7) is 4.09. The minimum absolute atomic E-state index is 0.159. The highest BCUT2D eigenvalue weighted by molar-refractivity contribution is 9.10. The molecule has 4 nitrogen and oxygen atoms in total.